The molecular weight excluding hydrogens is 256 g/mol. The van der Waals surface area contributed by atoms with Crippen molar-refractivity contribution in [2.24, 2.45) is 0 Å². The molecule has 1 aromatic heterocycles. The van der Waals surface area contributed by atoms with E-state index in [2.05, 4.69) is 22.5 Å². The van der Waals surface area contributed by atoms with Gasteiger partial charge in [-0.15, -0.1) is 0 Å². The summed E-state index contributed by atoms with van der Waals surface area (Å²) in [5.41, 5.74) is 0.556. The van der Waals surface area contributed by atoms with Crippen molar-refractivity contribution in [1.82, 2.24) is 15.2 Å². The second-order valence-electron chi connectivity index (χ2n) is 4.82. The molecule has 0 spiro atoms. The molecule has 1 aliphatic heterocycles. The van der Waals surface area contributed by atoms with Crippen molar-refractivity contribution in [3.8, 4) is 0 Å². The Morgan fingerprint density at radius 1 is 1.60 bits per heavy atom. The third-order valence-corrected chi connectivity index (χ3v) is 3.32. The molecular formula is C14H20N4O2. The van der Waals surface area contributed by atoms with Gasteiger partial charge in [0.2, 0.25) is 5.91 Å². The van der Waals surface area contributed by atoms with Crippen LogP contribution in [-0.2, 0) is 4.79 Å². The second kappa shape index (κ2) is 6.36. The summed E-state index contributed by atoms with van der Waals surface area (Å²) >= 11 is 0. The van der Waals surface area contributed by atoms with E-state index in [0.717, 1.165) is 13.0 Å². The van der Waals surface area contributed by atoms with Gasteiger partial charge in [0.1, 0.15) is 11.9 Å². The number of piperazine rings is 1. The first-order valence-electron chi connectivity index (χ1n) is 6.92. The topological polar surface area (TPSA) is 74.3 Å². The fraction of sp³-hybridized carbons (Fsp3) is 0.500. The van der Waals surface area contributed by atoms with Crippen molar-refractivity contribution in [2.75, 3.05) is 25.0 Å². The van der Waals surface area contributed by atoms with E-state index < -0.39 is 6.04 Å². The zero-order valence-corrected chi connectivity index (χ0v) is 11.8. The van der Waals surface area contributed by atoms with E-state index in [1.807, 2.05) is 0 Å². The number of nitrogens with zero attached hydrogens (tertiary/aromatic N) is 2. The fourth-order valence-electron chi connectivity index (χ4n) is 2.14. The van der Waals surface area contributed by atoms with Crippen LogP contribution in [0.25, 0.3) is 0 Å². The molecule has 1 aromatic rings. The van der Waals surface area contributed by atoms with Crippen LogP contribution >= 0.6 is 0 Å². The Morgan fingerprint density at radius 2 is 2.40 bits per heavy atom. The number of rotatable bonds is 4. The number of carbonyl (C=O) groups excluding carboxylic acids is 2. The first-order valence-corrected chi connectivity index (χ1v) is 6.92. The standard InChI is InChI=1S/C14H20N4O2/c1-3-5-15-12-9-11(4-6-16-12)14(20)18-8-7-17-13(19)10(18)2/h4,6,9-10H,3,5,7-8H2,1-2H3,(H,15,16)(H,17,19). The highest BCUT2D eigenvalue weighted by atomic mass is 16.2. The van der Waals surface area contributed by atoms with Gasteiger partial charge < -0.3 is 15.5 Å². The molecule has 1 atom stereocenters. The summed E-state index contributed by atoms with van der Waals surface area (Å²) in [6.45, 7) is 5.65. The third kappa shape index (κ3) is 3.07. The van der Waals surface area contributed by atoms with Crippen molar-refractivity contribution in [2.45, 2.75) is 26.3 Å². The lowest BCUT2D eigenvalue weighted by Gasteiger charge is -2.32. The summed E-state index contributed by atoms with van der Waals surface area (Å²) in [5, 5.41) is 5.90. The highest BCUT2D eigenvalue weighted by Crippen LogP contribution is 2.13. The molecule has 0 bridgehead atoms. The Morgan fingerprint density at radius 3 is 3.15 bits per heavy atom. The van der Waals surface area contributed by atoms with Gasteiger partial charge >= 0.3 is 0 Å². The minimum atomic E-state index is -0.434. The number of amides is 2. The number of aromatic nitrogens is 1. The molecule has 1 aliphatic rings. The summed E-state index contributed by atoms with van der Waals surface area (Å²) in [7, 11) is 0. The van der Waals surface area contributed by atoms with Gasteiger partial charge in [0.25, 0.3) is 5.91 Å². The number of pyridine rings is 1. The molecule has 0 aromatic carbocycles. The van der Waals surface area contributed by atoms with Crippen LogP contribution in [0, 0.1) is 0 Å². The van der Waals surface area contributed by atoms with E-state index in [9.17, 15) is 9.59 Å². The van der Waals surface area contributed by atoms with Gasteiger partial charge in [-0.2, -0.15) is 0 Å². The highest BCUT2D eigenvalue weighted by molar-refractivity contribution is 5.98. The molecule has 0 radical (unpaired) electrons. The van der Waals surface area contributed by atoms with Crippen LogP contribution in [-0.4, -0.2) is 47.4 Å². The van der Waals surface area contributed by atoms with E-state index in [0.29, 0.717) is 24.5 Å². The molecule has 1 unspecified atom stereocenters. The smallest absolute Gasteiger partial charge is 0.254 e. The zero-order valence-electron chi connectivity index (χ0n) is 11.8. The van der Waals surface area contributed by atoms with Gasteiger partial charge in [0.15, 0.2) is 0 Å². The summed E-state index contributed by atoms with van der Waals surface area (Å²) in [6, 6.07) is 2.98. The number of nitrogens with one attached hydrogen (secondary N) is 2. The van der Waals surface area contributed by atoms with Crippen molar-refractivity contribution < 1.29 is 9.59 Å². The summed E-state index contributed by atoms with van der Waals surface area (Å²) in [6.07, 6.45) is 2.60. The van der Waals surface area contributed by atoms with Crippen molar-refractivity contribution in [3.05, 3.63) is 23.9 Å². The van der Waals surface area contributed by atoms with Crippen LogP contribution in [0.15, 0.2) is 18.3 Å². The van der Waals surface area contributed by atoms with E-state index in [1.54, 1.807) is 30.2 Å². The van der Waals surface area contributed by atoms with Crippen LogP contribution in [0.1, 0.15) is 30.6 Å². The molecule has 2 rings (SSSR count). The van der Waals surface area contributed by atoms with E-state index in [4.69, 9.17) is 0 Å². The predicted octanol–water partition coefficient (Wildman–Crippen LogP) is 0.864. The Kier molecular flexibility index (Phi) is 4.55. The van der Waals surface area contributed by atoms with Crippen LogP contribution in [0.5, 0.6) is 0 Å². The summed E-state index contributed by atoms with van der Waals surface area (Å²) in [4.78, 5) is 29.9. The molecule has 2 amide bonds. The second-order valence-corrected chi connectivity index (χ2v) is 4.82. The van der Waals surface area contributed by atoms with Crippen LogP contribution in [0.4, 0.5) is 5.82 Å². The minimum Gasteiger partial charge on any atom is -0.370 e. The predicted molar refractivity (Wildman–Crippen MR) is 76.5 cm³/mol. The van der Waals surface area contributed by atoms with Gasteiger partial charge in [0, 0.05) is 31.4 Å². The van der Waals surface area contributed by atoms with E-state index in [1.165, 1.54) is 0 Å². The first-order chi connectivity index (χ1) is 9.63. The molecule has 6 nitrogen and oxygen atoms in total. The zero-order chi connectivity index (χ0) is 14.5. The van der Waals surface area contributed by atoms with Gasteiger partial charge in [-0.3, -0.25) is 9.59 Å². The molecule has 0 aliphatic carbocycles. The lowest BCUT2D eigenvalue weighted by atomic mass is 10.1. The normalized spacial score (nSPS) is 18.6. The quantitative estimate of drug-likeness (QED) is 0.855. The minimum absolute atomic E-state index is 0.108. The van der Waals surface area contributed by atoms with Crippen LogP contribution in [0.3, 0.4) is 0 Å². The summed E-state index contributed by atoms with van der Waals surface area (Å²) < 4.78 is 0. The SMILES string of the molecule is CCCNc1cc(C(=O)N2CCNC(=O)C2C)ccn1. The Hall–Kier alpha value is -2.11. The highest BCUT2D eigenvalue weighted by Gasteiger charge is 2.29. The summed E-state index contributed by atoms with van der Waals surface area (Å²) in [5.74, 6) is 0.448. The maximum Gasteiger partial charge on any atom is 0.254 e. The molecule has 108 valence electrons. The molecule has 6 heteroatoms. The lowest BCUT2D eigenvalue weighted by Crippen LogP contribution is -2.55. The maximum atomic E-state index is 12.5. The average Bonchev–Trinajstić information content (AvgIpc) is 2.47. The Balaban J connectivity index is 2.13. The average molecular weight is 276 g/mol. The molecule has 0 saturated carbocycles. The molecule has 20 heavy (non-hydrogen) atoms. The largest absolute Gasteiger partial charge is 0.370 e. The van der Waals surface area contributed by atoms with Gasteiger partial charge in [-0.1, -0.05) is 6.92 Å². The fourth-order valence-corrected chi connectivity index (χ4v) is 2.14. The Labute approximate surface area is 118 Å². The number of hydrogen-bond donors (Lipinski definition) is 2. The molecule has 1 fully saturated rings. The third-order valence-electron chi connectivity index (χ3n) is 3.32. The monoisotopic (exact) mass is 276 g/mol. The Bertz CT molecular complexity index is 504. The van der Waals surface area contributed by atoms with Crippen LogP contribution < -0.4 is 10.6 Å². The number of carbonyl (C=O) groups is 2. The van der Waals surface area contributed by atoms with Gasteiger partial charge in [0.05, 0.1) is 0 Å². The number of hydrogen-bond acceptors (Lipinski definition) is 4. The van der Waals surface area contributed by atoms with Crippen molar-refractivity contribution >= 4 is 17.6 Å². The van der Waals surface area contributed by atoms with E-state index >= 15 is 0 Å². The molecule has 2 N–H and O–H groups in total. The molecule has 1 saturated heterocycles. The maximum absolute atomic E-state index is 12.5. The van der Waals surface area contributed by atoms with Crippen molar-refractivity contribution in [3.63, 3.8) is 0 Å². The lowest BCUT2D eigenvalue weighted by molar-refractivity contribution is -0.127. The van der Waals surface area contributed by atoms with Gasteiger partial charge in [-0.25, -0.2) is 4.98 Å². The first kappa shape index (κ1) is 14.3. The van der Waals surface area contributed by atoms with Crippen LogP contribution in [0.2, 0.25) is 0 Å². The van der Waals surface area contributed by atoms with Crippen molar-refractivity contribution in [1.29, 1.82) is 0 Å². The number of anilines is 1. The van der Waals surface area contributed by atoms with Gasteiger partial charge in [-0.05, 0) is 25.5 Å². The molecule has 2 heterocycles. The van der Waals surface area contributed by atoms with E-state index in [-0.39, 0.29) is 11.8 Å².